The molecule has 0 aliphatic carbocycles. The van der Waals surface area contributed by atoms with Crippen molar-refractivity contribution in [3.8, 4) is 0 Å². The van der Waals surface area contributed by atoms with E-state index in [0.717, 1.165) is 19.4 Å². The first-order chi connectivity index (χ1) is 13.3. The Balaban J connectivity index is 1.88. The molecule has 11 nitrogen and oxygen atoms in total. The fourth-order valence-electron chi connectivity index (χ4n) is 3.45. The summed E-state index contributed by atoms with van der Waals surface area (Å²) in [5, 5.41) is 17.2. The molecule has 2 aliphatic heterocycles. The van der Waals surface area contributed by atoms with Gasteiger partial charge in [-0.05, 0) is 38.6 Å². The summed E-state index contributed by atoms with van der Waals surface area (Å²) in [7, 11) is 0. The van der Waals surface area contributed by atoms with Gasteiger partial charge in [-0.1, -0.05) is 0 Å². The van der Waals surface area contributed by atoms with E-state index in [1.807, 2.05) is 0 Å². The summed E-state index contributed by atoms with van der Waals surface area (Å²) in [6.07, 6.45) is 2.32. The van der Waals surface area contributed by atoms with Crippen LogP contribution in [0, 0.1) is 0 Å². The maximum Gasteiger partial charge on any atom is 0.326 e. The second-order valence-electron chi connectivity index (χ2n) is 7.02. The van der Waals surface area contributed by atoms with Crippen LogP contribution in [0.5, 0.6) is 0 Å². The molecule has 2 heterocycles. The zero-order valence-electron chi connectivity index (χ0n) is 15.6. The Labute approximate surface area is 162 Å². The van der Waals surface area contributed by atoms with Crippen LogP contribution >= 0.6 is 0 Å². The van der Waals surface area contributed by atoms with Crippen molar-refractivity contribution in [1.82, 2.24) is 20.9 Å². The molecule has 28 heavy (non-hydrogen) atoms. The second kappa shape index (κ2) is 10.0. The molecular weight excluding hydrogens is 370 g/mol. The summed E-state index contributed by atoms with van der Waals surface area (Å²) in [4.78, 5) is 60.4. The molecule has 2 aliphatic rings. The van der Waals surface area contributed by atoms with E-state index in [9.17, 15) is 29.1 Å². The van der Waals surface area contributed by atoms with Gasteiger partial charge in [0.05, 0.1) is 12.6 Å². The van der Waals surface area contributed by atoms with E-state index in [0.29, 0.717) is 19.4 Å². The number of primary amides is 1. The molecule has 2 saturated heterocycles. The van der Waals surface area contributed by atoms with Crippen LogP contribution in [0.3, 0.4) is 0 Å². The van der Waals surface area contributed by atoms with Crippen LogP contribution in [0.2, 0.25) is 0 Å². The molecule has 3 unspecified atom stereocenters. The highest BCUT2D eigenvalue weighted by Crippen LogP contribution is 2.18. The number of carbonyl (C=O) groups excluding carboxylic acids is 4. The van der Waals surface area contributed by atoms with Crippen molar-refractivity contribution in [3.63, 3.8) is 0 Å². The van der Waals surface area contributed by atoms with E-state index >= 15 is 0 Å². The zero-order chi connectivity index (χ0) is 20.7. The molecule has 0 bridgehead atoms. The number of nitrogens with two attached hydrogens (primary N) is 1. The van der Waals surface area contributed by atoms with Gasteiger partial charge in [-0.25, -0.2) is 4.79 Å². The molecule has 0 aromatic carbocycles. The smallest absolute Gasteiger partial charge is 0.326 e. The van der Waals surface area contributed by atoms with Gasteiger partial charge in [0.15, 0.2) is 0 Å². The quantitative estimate of drug-likeness (QED) is 0.291. The second-order valence-corrected chi connectivity index (χ2v) is 7.02. The number of amides is 4. The topological polar surface area (TPSA) is 171 Å². The first-order valence-corrected chi connectivity index (χ1v) is 9.41. The zero-order valence-corrected chi connectivity index (χ0v) is 15.6. The predicted molar refractivity (Wildman–Crippen MR) is 96.8 cm³/mol. The lowest BCUT2D eigenvalue weighted by atomic mass is 10.1. The van der Waals surface area contributed by atoms with Gasteiger partial charge in [-0.15, -0.1) is 0 Å². The van der Waals surface area contributed by atoms with Gasteiger partial charge in [-0.3, -0.25) is 19.2 Å². The number of hydrogen-bond acceptors (Lipinski definition) is 6. The summed E-state index contributed by atoms with van der Waals surface area (Å²) in [5.74, 6) is -3.17. The number of carboxylic acids is 1. The van der Waals surface area contributed by atoms with Crippen LogP contribution in [0.1, 0.15) is 38.5 Å². The van der Waals surface area contributed by atoms with Gasteiger partial charge in [0, 0.05) is 13.0 Å². The minimum absolute atomic E-state index is 0.123. The van der Waals surface area contributed by atoms with Crippen molar-refractivity contribution in [3.05, 3.63) is 0 Å². The molecule has 0 spiro atoms. The summed E-state index contributed by atoms with van der Waals surface area (Å²) in [5.41, 5.74) is 5.02. The lowest BCUT2D eigenvalue weighted by Crippen LogP contribution is -2.53. The van der Waals surface area contributed by atoms with Crippen molar-refractivity contribution in [1.29, 1.82) is 0 Å². The maximum atomic E-state index is 12.5. The molecule has 156 valence electrons. The van der Waals surface area contributed by atoms with Crippen LogP contribution in [0.25, 0.3) is 0 Å². The van der Waals surface area contributed by atoms with Gasteiger partial charge in [0.25, 0.3) is 0 Å². The molecule has 11 heteroatoms. The fourth-order valence-corrected chi connectivity index (χ4v) is 3.45. The lowest BCUT2D eigenvalue weighted by molar-refractivity contribution is -0.144. The molecule has 4 amide bonds. The molecule has 0 aromatic heterocycles. The van der Waals surface area contributed by atoms with Crippen LogP contribution in [0.4, 0.5) is 0 Å². The number of hydrogen-bond donors (Lipinski definition) is 5. The number of likely N-dealkylation sites (tertiary alicyclic amines) is 1. The number of nitrogens with one attached hydrogen (secondary N) is 3. The Morgan fingerprint density at radius 2 is 1.89 bits per heavy atom. The molecule has 2 fully saturated rings. The molecular formula is C17H27N5O6. The minimum atomic E-state index is -1.28. The fraction of sp³-hybridized carbons (Fsp3) is 0.706. The van der Waals surface area contributed by atoms with Gasteiger partial charge >= 0.3 is 5.97 Å². The van der Waals surface area contributed by atoms with Crippen LogP contribution in [0.15, 0.2) is 0 Å². The highest BCUT2D eigenvalue weighted by Gasteiger charge is 2.36. The van der Waals surface area contributed by atoms with E-state index in [1.54, 1.807) is 0 Å². The van der Waals surface area contributed by atoms with E-state index in [-0.39, 0.29) is 31.3 Å². The summed E-state index contributed by atoms with van der Waals surface area (Å²) in [6.45, 7) is 0.902. The Kier molecular flexibility index (Phi) is 7.73. The first-order valence-electron chi connectivity index (χ1n) is 9.41. The molecule has 0 saturated carbocycles. The largest absolute Gasteiger partial charge is 0.480 e. The third kappa shape index (κ3) is 5.91. The standard InChI is InChI=1S/C17H27N5O6/c18-13(23)6-5-11(17(27)28)21-16(26)12-4-2-8-22(12)14(24)9-20-15(25)10-3-1-7-19-10/h10-12,19H,1-9H2,(H2,18,23)(H,20,25)(H,21,26)(H,27,28). The number of nitrogens with zero attached hydrogens (tertiary/aromatic N) is 1. The first kappa shape index (κ1) is 21.6. The monoisotopic (exact) mass is 397 g/mol. The maximum absolute atomic E-state index is 12.5. The van der Waals surface area contributed by atoms with E-state index in [4.69, 9.17) is 5.73 Å². The number of carboxylic acid groups (broad SMARTS) is 1. The van der Waals surface area contributed by atoms with Gasteiger partial charge < -0.3 is 31.7 Å². The van der Waals surface area contributed by atoms with E-state index < -0.39 is 35.8 Å². The van der Waals surface area contributed by atoms with Crippen LogP contribution < -0.4 is 21.7 Å². The lowest BCUT2D eigenvalue weighted by Gasteiger charge is -2.25. The highest BCUT2D eigenvalue weighted by atomic mass is 16.4. The van der Waals surface area contributed by atoms with E-state index in [1.165, 1.54) is 4.90 Å². The normalized spacial score (nSPS) is 22.5. The van der Waals surface area contributed by atoms with Gasteiger partial charge in [0.1, 0.15) is 12.1 Å². The minimum Gasteiger partial charge on any atom is -0.480 e. The van der Waals surface area contributed by atoms with Gasteiger partial charge in [-0.2, -0.15) is 0 Å². The third-order valence-electron chi connectivity index (χ3n) is 4.96. The summed E-state index contributed by atoms with van der Waals surface area (Å²) in [6, 6.07) is -2.36. The Morgan fingerprint density at radius 3 is 2.50 bits per heavy atom. The predicted octanol–water partition coefficient (Wildman–Crippen LogP) is -2.32. The average Bonchev–Trinajstić information content (AvgIpc) is 3.33. The van der Waals surface area contributed by atoms with Crippen molar-refractivity contribution in [2.24, 2.45) is 5.73 Å². The molecule has 0 radical (unpaired) electrons. The van der Waals surface area contributed by atoms with Crippen LogP contribution in [-0.2, 0) is 24.0 Å². The van der Waals surface area contributed by atoms with Crippen LogP contribution in [-0.4, -0.2) is 77.4 Å². The highest BCUT2D eigenvalue weighted by molar-refractivity contribution is 5.93. The third-order valence-corrected chi connectivity index (χ3v) is 4.96. The summed E-state index contributed by atoms with van der Waals surface area (Å²) < 4.78 is 0. The molecule has 2 rings (SSSR count). The number of aliphatic carboxylic acids is 1. The SMILES string of the molecule is NC(=O)CCC(NC(=O)C1CCCN1C(=O)CNC(=O)C1CCCN1)C(=O)O. The average molecular weight is 397 g/mol. The molecule has 6 N–H and O–H groups in total. The van der Waals surface area contributed by atoms with Gasteiger partial charge in [0.2, 0.25) is 23.6 Å². The molecule has 0 aromatic rings. The van der Waals surface area contributed by atoms with Crippen molar-refractivity contribution in [2.75, 3.05) is 19.6 Å². The Bertz CT molecular complexity index is 634. The Morgan fingerprint density at radius 1 is 1.14 bits per heavy atom. The number of carbonyl (C=O) groups is 5. The van der Waals surface area contributed by atoms with Crippen molar-refractivity contribution in [2.45, 2.75) is 56.7 Å². The van der Waals surface area contributed by atoms with E-state index in [2.05, 4.69) is 16.0 Å². The Hall–Kier alpha value is -2.69. The number of rotatable bonds is 9. The van der Waals surface area contributed by atoms with Crippen molar-refractivity contribution >= 4 is 29.6 Å². The summed E-state index contributed by atoms with van der Waals surface area (Å²) >= 11 is 0. The molecule has 3 atom stereocenters. The van der Waals surface area contributed by atoms with Crippen molar-refractivity contribution < 1.29 is 29.1 Å².